The first-order valence-corrected chi connectivity index (χ1v) is 6.60. The van der Waals surface area contributed by atoms with Gasteiger partial charge in [-0.05, 0) is 26.0 Å². The van der Waals surface area contributed by atoms with Crippen LogP contribution in [-0.2, 0) is 24.9 Å². The minimum absolute atomic E-state index is 0.223. The molecule has 1 aliphatic heterocycles. The van der Waals surface area contributed by atoms with Crippen LogP contribution in [-0.4, -0.2) is 22.2 Å². The molecule has 2 heterocycles. The Morgan fingerprint density at radius 1 is 1.37 bits per heavy atom. The summed E-state index contributed by atoms with van der Waals surface area (Å²) < 4.78 is 7.26. The van der Waals surface area contributed by atoms with Crippen molar-refractivity contribution < 1.29 is 9.53 Å². The number of hydrogen-bond acceptors (Lipinski definition) is 2. The number of carbonyl (C=O) groups excluding carboxylic acids is 1. The zero-order valence-corrected chi connectivity index (χ0v) is 11.6. The molecule has 1 aromatic heterocycles. The fourth-order valence-electron chi connectivity index (χ4n) is 2.84. The van der Waals surface area contributed by atoms with Crippen molar-refractivity contribution in [1.82, 2.24) is 9.47 Å². The lowest BCUT2D eigenvalue weighted by atomic mass is 10.1. The number of benzene rings is 1. The largest absolute Gasteiger partial charge is 0.450 e. The molecule has 0 unspecified atom stereocenters. The Kier molecular flexibility index (Phi) is 2.73. The number of carbonyl (C=O) groups is 1. The van der Waals surface area contributed by atoms with Crippen LogP contribution in [0.1, 0.15) is 23.7 Å². The van der Waals surface area contributed by atoms with Crippen LogP contribution in [0, 0.1) is 6.92 Å². The molecule has 0 N–H and O–H groups in total. The summed E-state index contributed by atoms with van der Waals surface area (Å²) in [5, 5.41) is 1.25. The lowest BCUT2D eigenvalue weighted by Gasteiger charge is -2.15. The van der Waals surface area contributed by atoms with Crippen LogP contribution in [0.25, 0.3) is 10.9 Å². The average Bonchev–Trinajstić information content (AvgIpc) is 2.91. The van der Waals surface area contributed by atoms with Crippen molar-refractivity contribution in [2.75, 3.05) is 6.61 Å². The summed E-state index contributed by atoms with van der Waals surface area (Å²) in [6.45, 7) is 5.63. The molecule has 3 rings (SSSR count). The summed E-state index contributed by atoms with van der Waals surface area (Å²) in [6.07, 6.45) is -0.223. The van der Waals surface area contributed by atoms with E-state index in [-0.39, 0.29) is 6.09 Å². The van der Waals surface area contributed by atoms with Crippen molar-refractivity contribution in [2.45, 2.75) is 26.9 Å². The smallest absolute Gasteiger partial charge is 0.410 e. The Morgan fingerprint density at radius 3 is 2.89 bits per heavy atom. The van der Waals surface area contributed by atoms with E-state index in [9.17, 15) is 4.79 Å². The number of nitrogens with zero attached hydrogens (tertiary/aromatic N) is 2. The first-order valence-electron chi connectivity index (χ1n) is 6.60. The first kappa shape index (κ1) is 12.1. The second-order valence-electron chi connectivity index (χ2n) is 5.06. The summed E-state index contributed by atoms with van der Waals surface area (Å²) in [5.74, 6) is 0. The van der Waals surface area contributed by atoms with Crippen LogP contribution in [0.4, 0.5) is 4.79 Å². The van der Waals surface area contributed by atoms with Crippen LogP contribution in [0.15, 0.2) is 18.2 Å². The maximum atomic E-state index is 11.8. The molecule has 1 amide bonds. The molecule has 19 heavy (non-hydrogen) atoms. The fraction of sp³-hybridized carbons (Fsp3) is 0.400. The molecule has 0 aliphatic carbocycles. The molecule has 0 bridgehead atoms. The van der Waals surface area contributed by atoms with Crippen LogP contribution in [0.2, 0.25) is 0 Å². The number of aryl methyl sites for hydroxylation is 2. The third-order valence-corrected chi connectivity index (χ3v) is 3.81. The van der Waals surface area contributed by atoms with Gasteiger partial charge in [0, 0.05) is 29.2 Å². The van der Waals surface area contributed by atoms with Crippen molar-refractivity contribution >= 4 is 17.0 Å². The molecule has 0 atom stereocenters. The summed E-state index contributed by atoms with van der Waals surface area (Å²) in [6, 6.07) is 6.47. The SMILES string of the molecule is CCOC(=O)N1Cc2c(n(C)c3ccc(C)cc23)C1. The standard InChI is InChI=1S/C15H18N2O2/c1-4-19-15(18)17-8-12-11-7-10(2)5-6-13(11)16(3)14(12)9-17/h5-7H,4,8-9H2,1-3H3. The zero-order valence-electron chi connectivity index (χ0n) is 11.6. The van der Waals surface area contributed by atoms with Gasteiger partial charge in [0.15, 0.2) is 0 Å². The van der Waals surface area contributed by atoms with Gasteiger partial charge in [-0.25, -0.2) is 4.79 Å². The van der Waals surface area contributed by atoms with E-state index in [1.807, 2.05) is 6.92 Å². The van der Waals surface area contributed by atoms with Gasteiger partial charge >= 0.3 is 6.09 Å². The molecule has 1 aromatic carbocycles. The van der Waals surface area contributed by atoms with E-state index in [1.165, 1.54) is 27.7 Å². The third kappa shape index (κ3) is 1.79. The first-order chi connectivity index (χ1) is 9.11. The summed E-state index contributed by atoms with van der Waals surface area (Å²) in [7, 11) is 2.06. The molecule has 0 saturated heterocycles. The Hall–Kier alpha value is -1.97. The highest BCUT2D eigenvalue weighted by molar-refractivity contribution is 5.87. The highest BCUT2D eigenvalue weighted by Crippen LogP contribution is 2.33. The Labute approximate surface area is 112 Å². The monoisotopic (exact) mass is 258 g/mol. The average molecular weight is 258 g/mol. The fourth-order valence-corrected chi connectivity index (χ4v) is 2.84. The van der Waals surface area contributed by atoms with Crippen molar-refractivity contribution in [3.63, 3.8) is 0 Å². The van der Waals surface area contributed by atoms with E-state index in [0.29, 0.717) is 19.7 Å². The zero-order chi connectivity index (χ0) is 13.6. The van der Waals surface area contributed by atoms with Crippen LogP contribution in [0.5, 0.6) is 0 Å². The number of fused-ring (bicyclic) bond motifs is 3. The lowest BCUT2D eigenvalue weighted by molar-refractivity contribution is 0.106. The quantitative estimate of drug-likeness (QED) is 0.788. The molecule has 0 saturated carbocycles. The Bertz CT molecular complexity index is 658. The van der Waals surface area contributed by atoms with Gasteiger partial charge in [-0.2, -0.15) is 0 Å². The van der Waals surface area contributed by atoms with Crippen molar-refractivity contribution in [3.8, 4) is 0 Å². The van der Waals surface area contributed by atoms with E-state index < -0.39 is 0 Å². The molecule has 4 nitrogen and oxygen atoms in total. The third-order valence-electron chi connectivity index (χ3n) is 3.81. The minimum Gasteiger partial charge on any atom is -0.450 e. The van der Waals surface area contributed by atoms with Gasteiger partial charge < -0.3 is 9.30 Å². The molecule has 0 spiro atoms. The lowest BCUT2D eigenvalue weighted by Crippen LogP contribution is -2.26. The number of aromatic nitrogens is 1. The molecular weight excluding hydrogens is 240 g/mol. The van der Waals surface area contributed by atoms with Gasteiger partial charge in [-0.3, -0.25) is 4.90 Å². The van der Waals surface area contributed by atoms with E-state index in [2.05, 4.69) is 36.7 Å². The van der Waals surface area contributed by atoms with Gasteiger partial charge in [0.1, 0.15) is 0 Å². The van der Waals surface area contributed by atoms with Gasteiger partial charge in [-0.1, -0.05) is 11.6 Å². The number of rotatable bonds is 1. The van der Waals surface area contributed by atoms with Gasteiger partial charge in [0.05, 0.1) is 19.7 Å². The highest BCUT2D eigenvalue weighted by Gasteiger charge is 2.29. The van der Waals surface area contributed by atoms with E-state index in [0.717, 1.165) is 0 Å². The van der Waals surface area contributed by atoms with Crippen LogP contribution in [0.3, 0.4) is 0 Å². The molecule has 2 aromatic rings. The maximum Gasteiger partial charge on any atom is 0.410 e. The van der Waals surface area contributed by atoms with Crippen molar-refractivity contribution in [2.24, 2.45) is 7.05 Å². The predicted octanol–water partition coefficient (Wildman–Crippen LogP) is 2.96. The topological polar surface area (TPSA) is 34.5 Å². The molecule has 0 fully saturated rings. The normalized spacial score (nSPS) is 13.9. The number of hydrogen-bond donors (Lipinski definition) is 0. The molecule has 100 valence electrons. The van der Waals surface area contributed by atoms with Crippen molar-refractivity contribution in [1.29, 1.82) is 0 Å². The molecular formula is C15H18N2O2. The summed E-state index contributed by atoms with van der Waals surface area (Å²) in [4.78, 5) is 13.6. The van der Waals surface area contributed by atoms with Gasteiger partial charge in [0.2, 0.25) is 0 Å². The summed E-state index contributed by atoms with van der Waals surface area (Å²) >= 11 is 0. The minimum atomic E-state index is -0.223. The highest BCUT2D eigenvalue weighted by atomic mass is 16.6. The Balaban J connectivity index is 2.02. The Morgan fingerprint density at radius 2 is 2.16 bits per heavy atom. The molecule has 0 radical (unpaired) electrons. The van der Waals surface area contributed by atoms with E-state index >= 15 is 0 Å². The second kappa shape index (κ2) is 4.30. The molecule has 4 heteroatoms. The van der Waals surface area contributed by atoms with E-state index in [4.69, 9.17) is 4.74 Å². The number of amides is 1. The maximum absolute atomic E-state index is 11.8. The van der Waals surface area contributed by atoms with Crippen LogP contribution < -0.4 is 0 Å². The molecule has 1 aliphatic rings. The van der Waals surface area contributed by atoms with Crippen LogP contribution >= 0.6 is 0 Å². The predicted molar refractivity (Wildman–Crippen MR) is 73.9 cm³/mol. The van der Waals surface area contributed by atoms with Crippen molar-refractivity contribution in [3.05, 3.63) is 35.0 Å². The van der Waals surface area contributed by atoms with E-state index in [1.54, 1.807) is 4.90 Å². The summed E-state index contributed by atoms with van der Waals surface area (Å²) in [5.41, 5.74) is 4.96. The van der Waals surface area contributed by atoms with Gasteiger partial charge in [-0.15, -0.1) is 0 Å². The number of ether oxygens (including phenoxy) is 1. The second-order valence-corrected chi connectivity index (χ2v) is 5.06. The van der Waals surface area contributed by atoms with Gasteiger partial charge in [0.25, 0.3) is 0 Å².